The van der Waals surface area contributed by atoms with Gasteiger partial charge in [-0.25, -0.2) is 0 Å². The van der Waals surface area contributed by atoms with E-state index in [1.807, 2.05) is 18.2 Å². The predicted molar refractivity (Wildman–Crippen MR) is 90.2 cm³/mol. The Morgan fingerprint density at radius 3 is 2.33 bits per heavy atom. The standard InChI is InChI=1S/C15H23BrN4O/c1-15(2,3)20-8-6-19(7-9-20)11-4-5-12(13(16)10-11)14(17)18-21/h4-5,10,21H,6-9H2,1-3H3,(H2,17,18). The molecule has 6 heteroatoms. The minimum atomic E-state index is 0.117. The number of benzene rings is 1. The summed E-state index contributed by atoms with van der Waals surface area (Å²) in [6.45, 7) is 10.9. The molecule has 21 heavy (non-hydrogen) atoms. The summed E-state index contributed by atoms with van der Waals surface area (Å²) in [7, 11) is 0. The highest BCUT2D eigenvalue weighted by molar-refractivity contribution is 9.10. The molecule has 0 saturated carbocycles. The Kier molecular flexibility index (Phi) is 4.78. The number of piperazine rings is 1. The van der Waals surface area contributed by atoms with Crippen LogP contribution in [0, 0.1) is 0 Å². The second-order valence-electron chi connectivity index (χ2n) is 6.29. The molecule has 1 aromatic carbocycles. The zero-order valence-electron chi connectivity index (χ0n) is 12.8. The van der Waals surface area contributed by atoms with Crippen LogP contribution in [0.25, 0.3) is 0 Å². The number of hydrogen-bond donors (Lipinski definition) is 2. The SMILES string of the molecule is CC(C)(C)N1CCN(c2ccc(/C(N)=N/O)c(Br)c2)CC1. The molecule has 3 N–H and O–H groups in total. The van der Waals surface area contributed by atoms with Crippen molar-refractivity contribution in [1.82, 2.24) is 4.90 Å². The summed E-state index contributed by atoms with van der Waals surface area (Å²) < 4.78 is 0.841. The van der Waals surface area contributed by atoms with Crippen LogP contribution in [0.3, 0.4) is 0 Å². The Balaban J connectivity index is 2.09. The van der Waals surface area contributed by atoms with Crippen LogP contribution in [0.2, 0.25) is 0 Å². The molecule has 2 rings (SSSR count). The molecule has 0 radical (unpaired) electrons. The van der Waals surface area contributed by atoms with Crippen molar-refractivity contribution in [3.05, 3.63) is 28.2 Å². The molecule has 1 aliphatic rings. The molecule has 0 unspecified atom stereocenters. The van der Waals surface area contributed by atoms with Gasteiger partial charge in [-0.15, -0.1) is 0 Å². The van der Waals surface area contributed by atoms with E-state index in [1.165, 1.54) is 0 Å². The van der Waals surface area contributed by atoms with E-state index in [0.29, 0.717) is 5.56 Å². The molecule has 1 fully saturated rings. The van der Waals surface area contributed by atoms with Crippen LogP contribution < -0.4 is 10.6 Å². The zero-order valence-corrected chi connectivity index (χ0v) is 14.4. The lowest BCUT2D eigenvalue weighted by Gasteiger charge is -2.43. The highest BCUT2D eigenvalue weighted by Gasteiger charge is 2.26. The van der Waals surface area contributed by atoms with Gasteiger partial charge in [0.1, 0.15) is 0 Å². The first-order valence-electron chi connectivity index (χ1n) is 7.10. The number of anilines is 1. The molecule has 116 valence electrons. The third-order valence-electron chi connectivity index (χ3n) is 3.93. The molecule has 0 aromatic heterocycles. The maximum atomic E-state index is 8.76. The van der Waals surface area contributed by atoms with Gasteiger partial charge in [-0.05, 0) is 54.9 Å². The fourth-order valence-corrected chi connectivity index (χ4v) is 3.17. The van der Waals surface area contributed by atoms with E-state index in [2.05, 4.69) is 51.7 Å². The van der Waals surface area contributed by atoms with Crippen molar-refractivity contribution in [2.45, 2.75) is 26.3 Å². The van der Waals surface area contributed by atoms with Crippen molar-refractivity contribution in [2.75, 3.05) is 31.1 Å². The van der Waals surface area contributed by atoms with Crippen LogP contribution in [0.5, 0.6) is 0 Å². The van der Waals surface area contributed by atoms with Crippen LogP contribution in [-0.2, 0) is 0 Å². The van der Waals surface area contributed by atoms with Crippen molar-refractivity contribution >= 4 is 27.5 Å². The molecule has 0 atom stereocenters. The molecule has 0 bridgehead atoms. The lowest BCUT2D eigenvalue weighted by atomic mass is 10.0. The number of oxime groups is 1. The van der Waals surface area contributed by atoms with E-state index in [-0.39, 0.29) is 11.4 Å². The third kappa shape index (κ3) is 3.68. The Bertz CT molecular complexity index is 531. The maximum absolute atomic E-state index is 8.76. The van der Waals surface area contributed by atoms with Crippen molar-refractivity contribution in [1.29, 1.82) is 0 Å². The van der Waals surface area contributed by atoms with Gasteiger partial charge < -0.3 is 15.8 Å². The van der Waals surface area contributed by atoms with Gasteiger partial charge in [0.15, 0.2) is 5.84 Å². The summed E-state index contributed by atoms with van der Waals surface area (Å²) in [5, 5.41) is 11.8. The Morgan fingerprint density at radius 2 is 1.86 bits per heavy atom. The Morgan fingerprint density at radius 1 is 1.24 bits per heavy atom. The molecule has 1 aliphatic heterocycles. The van der Waals surface area contributed by atoms with Crippen molar-refractivity contribution < 1.29 is 5.21 Å². The van der Waals surface area contributed by atoms with Gasteiger partial charge in [-0.1, -0.05) is 5.16 Å². The van der Waals surface area contributed by atoms with Crippen LogP contribution in [0.15, 0.2) is 27.8 Å². The summed E-state index contributed by atoms with van der Waals surface area (Å²) >= 11 is 3.49. The molecule has 5 nitrogen and oxygen atoms in total. The van der Waals surface area contributed by atoms with Crippen LogP contribution in [-0.4, -0.2) is 47.7 Å². The molecular formula is C15H23BrN4O. The second-order valence-corrected chi connectivity index (χ2v) is 7.15. The van der Waals surface area contributed by atoms with E-state index in [4.69, 9.17) is 10.9 Å². The number of halogens is 1. The van der Waals surface area contributed by atoms with Gasteiger partial charge in [-0.2, -0.15) is 0 Å². The minimum Gasteiger partial charge on any atom is -0.409 e. The van der Waals surface area contributed by atoms with Crippen molar-refractivity contribution in [3.63, 3.8) is 0 Å². The van der Waals surface area contributed by atoms with Gasteiger partial charge in [-0.3, -0.25) is 4.90 Å². The maximum Gasteiger partial charge on any atom is 0.171 e. The highest BCUT2D eigenvalue weighted by atomic mass is 79.9. The Labute approximate surface area is 134 Å². The number of rotatable bonds is 2. The summed E-state index contributed by atoms with van der Waals surface area (Å²) in [6, 6.07) is 5.93. The van der Waals surface area contributed by atoms with Crippen molar-refractivity contribution in [2.24, 2.45) is 10.9 Å². The lowest BCUT2D eigenvalue weighted by Crippen LogP contribution is -2.53. The van der Waals surface area contributed by atoms with Gasteiger partial charge in [0.2, 0.25) is 0 Å². The van der Waals surface area contributed by atoms with Gasteiger partial charge in [0.25, 0.3) is 0 Å². The van der Waals surface area contributed by atoms with Crippen LogP contribution in [0.1, 0.15) is 26.3 Å². The summed E-state index contributed by atoms with van der Waals surface area (Å²) in [5.74, 6) is 0.117. The number of hydrogen-bond acceptors (Lipinski definition) is 4. The summed E-state index contributed by atoms with van der Waals surface area (Å²) in [4.78, 5) is 4.87. The molecular weight excluding hydrogens is 332 g/mol. The monoisotopic (exact) mass is 354 g/mol. The number of nitrogens with two attached hydrogens (primary N) is 1. The average molecular weight is 355 g/mol. The molecule has 0 spiro atoms. The first-order chi connectivity index (χ1) is 9.82. The number of amidine groups is 1. The fraction of sp³-hybridized carbons (Fsp3) is 0.533. The molecule has 1 saturated heterocycles. The van der Waals surface area contributed by atoms with E-state index in [1.54, 1.807) is 0 Å². The molecule has 0 amide bonds. The van der Waals surface area contributed by atoms with E-state index >= 15 is 0 Å². The highest BCUT2D eigenvalue weighted by Crippen LogP contribution is 2.26. The number of nitrogens with zero attached hydrogens (tertiary/aromatic N) is 3. The smallest absolute Gasteiger partial charge is 0.171 e. The van der Waals surface area contributed by atoms with Crippen LogP contribution in [0.4, 0.5) is 5.69 Å². The fourth-order valence-electron chi connectivity index (χ4n) is 2.60. The molecule has 0 aliphatic carbocycles. The third-order valence-corrected chi connectivity index (χ3v) is 4.59. The summed E-state index contributed by atoms with van der Waals surface area (Å²) in [5.41, 5.74) is 7.72. The van der Waals surface area contributed by atoms with E-state index < -0.39 is 0 Å². The lowest BCUT2D eigenvalue weighted by molar-refractivity contribution is 0.128. The van der Waals surface area contributed by atoms with E-state index in [0.717, 1.165) is 36.3 Å². The van der Waals surface area contributed by atoms with Gasteiger partial charge >= 0.3 is 0 Å². The summed E-state index contributed by atoms with van der Waals surface area (Å²) in [6.07, 6.45) is 0. The normalized spacial score (nSPS) is 18.1. The Hall–Kier alpha value is -1.27. The quantitative estimate of drug-likeness (QED) is 0.370. The second kappa shape index (κ2) is 6.23. The van der Waals surface area contributed by atoms with Gasteiger partial charge in [0.05, 0.1) is 0 Å². The van der Waals surface area contributed by atoms with Gasteiger partial charge in [0, 0.05) is 47.4 Å². The first-order valence-corrected chi connectivity index (χ1v) is 7.89. The van der Waals surface area contributed by atoms with Crippen LogP contribution >= 0.6 is 15.9 Å². The minimum absolute atomic E-state index is 0.117. The van der Waals surface area contributed by atoms with E-state index in [9.17, 15) is 0 Å². The zero-order chi connectivity index (χ0) is 15.6. The van der Waals surface area contributed by atoms with Crippen molar-refractivity contribution in [3.8, 4) is 0 Å². The first kappa shape index (κ1) is 16.1. The molecule has 1 heterocycles. The predicted octanol–water partition coefficient (Wildman–Crippen LogP) is 2.46. The topological polar surface area (TPSA) is 65.1 Å². The molecule has 1 aromatic rings. The largest absolute Gasteiger partial charge is 0.409 e. The average Bonchev–Trinajstić information content (AvgIpc) is 2.45.